The molecule has 0 bridgehead atoms. The molecule has 3 nitrogen and oxygen atoms in total. The number of nitrogens with zero attached hydrogens (tertiary/aromatic N) is 2. The number of nitrogens with two attached hydrogens (primary N) is 1. The predicted octanol–water partition coefficient (Wildman–Crippen LogP) is 1.61. The lowest BCUT2D eigenvalue weighted by atomic mass is 10.2. The molecule has 2 rings (SSSR count). The minimum absolute atomic E-state index is 0.182. The molecule has 1 aliphatic rings. The van der Waals surface area contributed by atoms with Crippen molar-refractivity contribution in [3.8, 4) is 0 Å². The molecule has 5 heteroatoms. The van der Waals surface area contributed by atoms with Crippen LogP contribution in [0.3, 0.4) is 0 Å². The molecule has 1 heterocycles. The van der Waals surface area contributed by atoms with Gasteiger partial charge in [0.15, 0.2) is 6.29 Å². The molecule has 1 atom stereocenters. The van der Waals surface area contributed by atoms with Crippen molar-refractivity contribution >= 4 is 11.9 Å². The van der Waals surface area contributed by atoms with Crippen molar-refractivity contribution in [1.82, 2.24) is 0 Å². The van der Waals surface area contributed by atoms with Gasteiger partial charge in [-0.25, -0.2) is 8.78 Å². The van der Waals surface area contributed by atoms with E-state index in [9.17, 15) is 8.78 Å². The molecule has 0 amide bonds. The van der Waals surface area contributed by atoms with Crippen LogP contribution in [-0.2, 0) is 0 Å². The van der Waals surface area contributed by atoms with Gasteiger partial charge in [-0.2, -0.15) is 0 Å². The van der Waals surface area contributed by atoms with Crippen molar-refractivity contribution < 1.29 is 8.78 Å². The lowest BCUT2D eigenvalue weighted by Gasteiger charge is -2.26. The number of benzene rings is 1. The molecule has 1 aromatic carbocycles. The first-order valence-electron chi connectivity index (χ1n) is 4.38. The van der Waals surface area contributed by atoms with Gasteiger partial charge in [0.05, 0.1) is 0 Å². The van der Waals surface area contributed by atoms with Crippen molar-refractivity contribution in [2.24, 2.45) is 10.7 Å². The highest BCUT2D eigenvalue weighted by atomic mass is 19.1. The summed E-state index contributed by atoms with van der Waals surface area (Å²) >= 11 is 0. The van der Waals surface area contributed by atoms with E-state index in [2.05, 4.69) is 4.99 Å². The van der Waals surface area contributed by atoms with Gasteiger partial charge >= 0.3 is 0 Å². The molecule has 15 heavy (non-hydrogen) atoms. The summed E-state index contributed by atoms with van der Waals surface area (Å²) in [7, 11) is 0. The highest BCUT2D eigenvalue weighted by Gasteiger charge is 2.20. The SMILES string of the molecule is NC1N=CC=CN1c1c(F)cccc1F. The lowest BCUT2D eigenvalue weighted by Crippen LogP contribution is -2.39. The summed E-state index contributed by atoms with van der Waals surface area (Å²) in [6, 6.07) is 3.66. The van der Waals surface area contributed by atoms with Crippen LogP contribution in [0.5, 0.6) is 0 Å². The van der Waals surface area contributed by atoms with Gasteiger partial charge in [-0.05, 0) is 18.2 Å². The van der Waals surface area contributed by atoms with Crippen molar-refractivity contribution in [2.75, 3.05) is 4.90 Å². The first kappa shape index (κ1) is 9.79. The highest BCUT2D eigenvalue weighted by molar-refractivity contribution is 5.74. The maximum absolute atomic E-state index is 13.4. The van der Waals surface area contributed by atoms with Crippen LogP contribution in [0.4, 0.5) is 14.5 Å². The fraction of sp³-hybridized carbons (Fsp3) is 0.100. The fourth-order valence-electron chi connectivity index (χ4n) is 1.37. The average molecular weight is 209 g/mol. The highest BCUT2D eigenvalue weighted by Crippen LogP contribution is 2.25. The summed E-state index contributed by atoms with van der Waals surface area (Å²) in [5, 5.41) is 0. The minimum Gasteiger partial charge on any atom is -0.308 e. The summed E-state index contributed by atoms with van der Waals surface area (Å²) in [5.74, 6) is -1.32. The molecule has 0 spiro atoms. The Morgan fingerprint density at radius 1 is 1.27 bits per heavy atom. The number of hydrogen-bond acceptors (Lipinski definition) is 3. The number of allylic oxidation sites excluding steroid dienone is 1. The topological polar surface area (TPSA) is 41.6 Å². The van der Waals surface area contributed by atoms with E-state index < -0.39 is 17.9 Å². The van der Waals surface area contributed by atoms with E-state index in [0.717, 1.165) is 0 Å². The van der Waals surface area contributed by atoms with Crippen molar-refractivity contribution in [1.29, 1.82) is 0 Å². The lowest BCUT2D eigenvalue weighted by molar-refractivity contribution is 0.565. The second-order valence-corrected chi connectivity index (χ2v) is 3.03. The molecule has 0 saturated heterocycles. The van der Waals surface area contributed by atoms with Gasteiger partial charge in [0.2, 0.25) is 0 Å². The molecule has 0 saturated carbocycles. The Morgan fingerprint density at radius 3 is 2.53 bits per heavy atom. The summed E-state index contributed by atoms with van der Waals surface area (Å²) < 4.78 is 26.8. The zero-order valence-corrected chi connectivity index (χ0v) is 7.77. The summed E-state index contributed by atoms with van der Waals surface area (Å²) in [5.41, 5.74) is 5.41. The van der Waals surface area contributed by atoms with Crippen LogP contribution in [-0.4, -0.2) is 12.5 Å². The standard InChI is InChI=1S/C10H9F2N3/c11-7-3-1-4-8(12)9(7)15-6-2-5-14-10(15)13/h1-6,10H,13H2. The van der Waals surface area contributed by atoms with Crippen molar-refractivity contribution in [2.45, 2.75) is 6.29 Å². The van der Waals surface area contributed by atoms with Crippen molar-refractivity contribution in [3.05, 3.63) is 42.1 Å². The fourth-order valence-corrected chi connectivity index (χ4v) is 1.37. The van der Waals surface area contributed by atoms with Gasteiger partial charge in [0.25, 0.3) is 0 Å². The van der Waals surface area contributed by atoms with Crippen molar-refractivity contribution in [3.63, 3.8) is 0 Å². The quantitative estimate of drug-likeness (QED) is 0.763. The van der Waals surface area contributed by atoms with E-state index in [1.54, 1.807) is 6.08 Å². The zero-order chi connectivity index (χ0) is 10.8. The number of anilines is 1. The molecule has 0 fully saturated rings. The normalized spacial score (nSPS) is 19.7. The number of halogens is 2. The second-order valence-electron chi connectivity index (χ2n) is 3.03. The summed E-state index contributed by atoms with van der Waals surface area (Å²) in [6.07, 6.45) is 3.75. The molecule has 0 aromatic heterocycles. The van der Waals surface area contributed by atoms with Crippen LogP contribution in [0.2, 0.25) is 0 Å². The van der Waals surface area contributed by atoms with Gasteiger partial charge in [0, 0.05) is 12.4 Å². The monoisotopic (exact) mass is 209 g/mol. The largest absolute Gasteiger partial charge is 0.308 e. The molecule has 0 radical (unpaired) electrons. The van der Waals surface area contributed by atoms with Crippen LogP contribution < -0.4 is 10.6 Å². The van der Waals surface area contributed by atoms with E-state index in [-0.39, 0.29) is 5.69 Å². The Hall–Kier alpha value is -1.75. The molecule has 2 N–H and O–H groups in total. The molecule has 78 valence electrons. The first-order valence-corrected chi connectivity index (χ1v) is 4.38. The number of para-hydroxylation sites is 1. The van der Waals surface area contributed by atoms with Gasteiger partial charge in [-0.15, -0.1) is 0 Å². The molecule has 0 aliphatic carbocycles. The van der Waals surface area contributed by atoms with Gasteiger partial charge in [-0.3, -0.25) is 10.7 Å². The Kier molecular flexibility index (Phi) is 2.47. The van der Waals surface area contributed by atoms with E-state index in [1.807, 2.05) is 0 Å². The third-order valence-corrected chi connectivity index (χ3v) is 2.05. The predicted molar refractivity (Wildman–Crippen MR) is 54.4 cm³/mol. The minimum atomic E-state index is -0.790. The van der Waals surface area contributed by atoms with Crippen LogP contribution in [0.25, 0.3) is 0 Å². The third kappa shape index (κ3) is 1.73. The first-order chi connectivity index (χ1) is 7.20. The van der Waals surface area contributed by atoms with Gasteiger partial charge < -0.3 is 4.90 Å². The molecule has 1 aliphatic heterocycles. The zero-order valence-electron chi connectivity index (χ0n) is 7.77. The Bertz CT molecular complexity index is 408. The second kappa shape index (κ2) is 3.78. The Balaban J connectivity index is 2.45. The van der Waals surface area contributed by atoms with E-state index in [0.29, 0.717) is 0 Å². The molecule has 1 aromatic rings. The Morgan fingerprint density at radius 2 is 1.93 bits per heavy atom. The van der Waals surface area contributed by atoms with E-state index in [4.69, 9.17) is 5.73 Å². The van der Waals surface area contributed by atoms with Crippen LogP contribution in [0.15, 0.2) is 35.5 Å². The summed E-state index contributed by atoms with van der Waals surface area (Å²) in [4.78, 5) is 5.07. The summed E-state index contributed by atoms with van der Waals surface area (Å²) in [6.45, 7) is 0. The van der Waals surface area contributed by atoms with Crippen LogP contribution >= 0.6 is 0 Å². The molecular weight excluding hydrogens is 200 g/mol. The average Bonchev–Trinajstić information content (AvgIpc) is 2.20. The van der Waals surface area contributed by atoms with E-state index in [1.165, 1.54) is 35.5 Å². The van der Waals surface area contributed by atoms with Gasteiger partial charge in [-0.1, -0.05) is 6.07 Å². The van der Waals surface area contributed by atoms with Crippen LogP contribution in [0.1, 0.15) is 0 Å². The van der Waals surface area contributed by atoms with Crippen LogP contribution in [0, 0.1) is 11.6 Å². The molecular formula is C10H9F2N3. The number of aliphatic imine (C=N–C) groups is 1. The molecule has 1 unspecified atom stereocenters. The Labute approximate surface area is 85.5 Å². The van der Waals surface area contributed by atoms with E-state index >= 15 is 0 Å². The third-order valence-electron chi connectivity index (χ3n) is 2.05. The van der Waals surface area contributed by atoms with Gasteiger partial charge in [0.1, 0.15) is 17.3 Å². The number of rotatable bonds is 1. The number of hydrogen-bond donors (Lipinski definition) is 1. The maximum Gasteiger partial charge on any atom is 0.177 e. The smallest absolute Gasteiger partial charge is 0.177 e. The maximum atomic E-state index is 13.4.